The van der Waals surface area contributed by atoms with Crippen molar-refractivity contribution in [3.63, 3.8) is 0 Å². The normalized spacial score (nSPS) is 11.5. The van der Waals surface area contributed by atoms with Crippen molar-refractivity contribution in [3.05, 3.63) is 58.7 Å². The molecule has 0 aliphatic carbocycles. The van der Waals surface area contributed by atoms with Gasteiger partial charge in [-0.15, -0.1) is 0 Å². The zero-order valence-corrected chi connectivity index (χ0v) is 15.4. The second-order valence-corrected chi connectivity index (χ2v) is 6.36. The first-order chi connectivity index (χ1) is 13.1. The third-order valence-corrected chi connectivity index (χ3v) is 3.89. The number of hydrogen-bond donors (Lipinski definition) is 2. The number of aryl methyl sites for hydroxylation is 3. The van der Waals surface area contributed by atoms with Gasteiger partial charge in [-0.2, -0.15) is 23.4 Å². The van der Waals surface area contributed by atoms with E-state index in [0.717, 1.165) is 11.1 Å². The quantitative estimate of drug-likeness (QED) is 0.690. The van der Waals surface area contributed by atoms with Crippen LogP contribution in [0.15, 0.2) is 30.5 Å². The summed E-state index contributed by atoms with van der Waals surface area (Å²) in [7, 11) is 0. The number of aromatic amines is 1. The van der Waals surface area contributed by atoms with Crippen molar-refractivity contribution < 1.29 is 22.7 Å². The van der Waals surface area contributed by atoms with E-state index >= 15 is 0 Å². The number of nitrogens with zero attached hydrogens (tertiary/aromatic N) is 3. The highest BCUT2D eigenvalue weighted by molar-refractivity contribution is 6.03. The van der Waals surface area contributed by atoms with Gasteiger partial charge in [-0.05, 0) is 50.1 Å². The number of amides is 1. The van der Waals surface area contributed by atoms with E-state index in [1.54, 1.807) is 0 Å². The third kappa shape index (κ3) is 4.33. The summed E-state index contributed by atoms with van der Waals surface area (Å²) in [6.45, 7) is 5.33. The lowest BCUT2D eigenvalue weighted by Crippen LogP contribution is -2.17. The van der Waals surface area contributed by atoms with Crippen LogP contribution in [0.25, 0.3) is 0 Å². The summed E-state index contributed by atoms with van der Waals surface area (Å²) in [5.41, 5.74) is 0.545. The van der Waals surface area contributed by atoms with Crippen LogP contribution in [-0.4, -0.2) is 25.9 Å². The van der Waals surface area contributed by atoms with E-state index < -0.39 is 23.5 Å². The minimum Gasteiger partial charge on any atom is -0.471 e. The lowest BCUT2D eigenvalue weighted by atomic mass is 10.1. The topological polar surface area (TPSA) is 84.8 Å². The van der Waals surface area contributed by atoms with Gasteiger partial charge in [0.15, 0.2) is 18.1 Å². The Morgan fingerprint density at radius 2 is 1.89 bits per heavy atom. The number of benzene rings is 1. The number of anilines is 1. The molecule has 10 heteroatoms. The number of rotatable bonds is 5. The fourth-order valence-corrected chi connectivity index (χ4v) is 2.68. The number of alkyl halides is 3. The SMILES string of the molecule is Cc1cc(C)cc(OCn2ccc(C(=O)Nc3c(C(F)(F)F)n[nH]c3C)n2)c1. The van der Waals surface area contributed by atoms with Gasteiger partial charge >= 0.3 is 6.18 Å². The van der Waals surface area contributed by atoms with Crippen molar-refractivity contribution in [1.82, 2.24) is 20.0 Å². The Balaban J connectivity index is 1.69. The van der Waals surface area contributed by atoms with E-state index in [4.69, 9.17) is 4.74 Å². The zero-order valence-electron chi connectivity index (χ0n) is 15.4. The van der Waals surface area contributed by atoms with E-state index in [1.807, 2.05) is 32.0 Å². The van der Waals surface area contributed by atoms with Gasteiger partial charge in [-0.3, -0.25) is 9.89 Å². The highest BCUT2D eigenvalue weighted by Crippen LogP contribution is 2.34. The van der Waals surface area contributed by atoms with Crippen molar-refractivity contribution in [2.45, 2.75) is 33.7 Å². The maximum Gasteiger partial charge on any atom is 0.437 e. The van der Waals surface area contributed by atoms with E-state index in [2.05, 4.69) is 20.6 Å². The first-order valence-electron chi connectivity index (χ1n) is 8.31. The Morgan fingerprint density at radius 1 is 1.21 bits per heavy atom. The van der Waals surface area contributed by atoms with Crippen LogP contribution < -0.4 is 10.1 Å². The minimum atomic E-state index is -4.69. The summed E-state index contributed by atoms with van der Waals surface area (Å²) in [6.07, 6.45) is -3.18. The molecule has 1 aromatic carbocycles. The van der Waals surface area contributed by atoms with Crippen LogP contribution in [0.1, 0.15) is 33.0 Å². The Kier molecular flexibility index (Phi) is 5.12. The molecule has 148 valence electrons. The lowest BCUT2D eigenvalue weighted by molar-refractivity contribution is -0.140. The molecule has 0 aliphatic rings. The maximum absolute atomic E-state index is 13.0. The van der Waals surface area contributed by atoms with Gasteiger partial charge in [0.25, 0.3) is 5.91 Å². The van der Waals surface area contributed by atoms with Crippen molar-refractivity contribution in [2.24, 2.45) is 0 Å². The van der Waals surface area contributed by atoms with Crippen molar-refractivity contribution in [1.29, 1.82) is 0 Å². The molecule has 3 aromatic rings. The van der Waals surface area contributed by atoms with Gasteiger partial charge in [0.1, 0.15) is 5.75 Å². The number of carbonyl (C=O) groups excluding carboxylic acids is 1. The van der Waals surface area contributed by atoms with E-state index in [-0.39, 0.29) is 18.1 Å². The van der Waals surface area contributed by atoms with Crippen molar-refractivity contribution in [3.8, 4) is 5.75 Å². The summed E-state index contributed by atoms with van der Waals surface area (Å²) in [6, 6.07) is 7.13. The molecule has 2 aromatic heterocycles. The molecule has 0 radical (unpaired) electrons. The zero-order chi connectivity index (χ0) is 20.5. The number of H-pyrrole nitrogens is 1. The second kappa shape index (κ2) is 7.37. The highest BCUT2D eigenvalue weighted by atomic mass is 19.4. The van der Waals surface area contributed by atoms with E-state index in [0.29, 0.717) is 5.75 Å². The molecule has 0 bridgehead atoms. The van der Waals surface area contributed by atoms with Gasteiger partial charge in [-0.1, -0.05) is 6.07 Å². The molecule has 2 N–H and O–H groups in total. The van der Waals surface area contributed by atoms with Crippen LogP contribution in [-0.2, 0) is 12.9 Å². The molecule has 0 atom stereocenters. The highest BCUT2D eigenvalue weighted by Gasteiger charge is 2.38. The average molecular weight is 393 g/mol. The van der Waals surface area contributed by atoms with Crippen LogP contribution in [0.2, 0.25) is 0 Å². The van der Waals surface area contributed by atoms with Gasteiger partial charge in [0.2, 0.25) is 0 Å². The van der Waals surface area contributed by atoms with Crippen LogP contribution in [0, 0.1) is 20.8 Å². The number of hydrogen-bond acceptors (Lipinski definition) is 4. The first kappa shape index (κ1) is 19.5. The monoisotopic (exact) mass is 393 g/mol. The maximum atomic E-state index is 13.0. The van der Waals surface area contributed by atoms with Gasteiger partial charge in [0, 0.05) is 6.20 Å². The molecule has 0 spiro atoms. The molecular weight excluding hydrogens is 375 g/mol. The summed E-state index contributed by atoms with van der Waals surface area (Å²) >= 11 is 0. The van der Waals surface area contributed by atoms with Crippen LogP contribution in [0.4, 0.5) is 18.9 Å². The average Bonchev–Trinajstić information content (AvgIpc) is 3.19. The molecule has 0 unspecified atom stereocenters. The molecule has 2 heterocycles. The molecule has 7 nitrogen and oxygen atoms in total. The summed E-state index contributed by atoms with van der Waals surface area (Å²) < 4.78 is 45.9. The van der Waals surface area contributed by atoms with Gasteiger partial charge < -0.3 is 10.1 Å². The predicted molar refractivity (Wildman–Crippen MR) is 95.1 cm³/mol. The Hall–Kier alpha value is -3.30. The molecule has 0 saturated heterocycles. The molecule has 1 amide bonds. The first-order valence-corrected chi connectivity index (χ1v) is 8.31. The fourth-order valence-electron chi connectivity index (χ4n) is 2.68. The fraction of sp³-hybridized carbons (Fsp3) is 0.278. The van der Waals surface area contributed by atoms with Gasteiger partial charge in [-0.25, -0.2) is 4.68 Å². The van der Waals surface area contributed by atoms with Crippen molar-refractivity contribution >= 4 is 11.6 Å². The molecule has 3 rings (SSSR count). The standard InChI is InChI=1S/C18H18F3N5O2/c1-10-6-11(2)8-13(7-10)28-9-26-5-4-14(25-26)17(27)22-15-12(3)23-24-16(15)18(19,20)21/h4-8H,9H2,1-3H3,(H,22,27)(H,23,24). The summed E-state index contributed by atoms with van der Waals surface area (Å²) in [5, 5.41) is 11.7. The number of aromatic nitrogens is 4. The lowest BCUT2D eigenvalue weighted by Gasteiger charge is -2.09. The number of carbonyl (C=O) groups is 1. The number of ether oxygens (including phenoxy) is 1. The van der Waals surface area contributed by atoms with Gasteiger partial charge in [0.05, 0.1) is 11.4 Å². The summed E-state index contributed by atoms with van der Waals surface area (Å²) in [4.78, 5) is 12.3. The largest absolute Gasteiger partial charge is 0.471 e. The predicted octanol–water partition coefficient (Wildman–Crippen LogP) is 3.84. The number of halogens is 3. The molecule has 0 aliphatic heterocycles. The molecule has 0 saturated carbocycles. The minimum absolute atomic E-state index is 0.0438. The van der Waals surface area contributed by atoms with Crippen LogP contribution >= 0.6 is 0 Å². The van der Waals surface area contributed by atoms with Crippen LogP contribution in [0.3, 0.4) is 0 Å². The molecule has 0 fully saturated rings. The van der Waals surface area contributed by atoms with Crippen LogP contribution in [0.5, 0.6) is 5.75 Å². The van der Waals surface area contributed by atoms with E-state index in [1.165, 1.54) is 23.9 Å². The van der Waals surface area contributed by atoms with Crippen molar-refractivity contribution in [2.75, 3.05) is 5.32 Å². The summed E-state index contributed by atoms with van der Waals surface area (Å²) in [5.74, 6) is -0.122. The van der Waals surface area contributed by atoms with E-state index in [9.17, 15) is 18.0 Å². The Morgan fingerprint density at radius 3 is 2.54 bits per heavy atom. The third-order valence-electron chi connectivity index (χ3n) is 3.89. The smallest absolute Gasteiger partial charge is 0.437 e. The Labute approximate surface area is 158 Å². The second-order valence-electron chi connectivity index (χ2n) is 6.36. The molecular formula is C18H18F3N5O2. The molecule has 28 heavy (non-hydrogen) atoms. The number of nitrogens with one attached hydrogen (secondary N) is 2. The Bertz CT molecular complexity index is 987.